The first-order chi connectivity index (χ1) is 10.2. The van der Waals surface area contributed by atoms with E-state index in [9.17, 15) is 4.79 Å². The fourth-order valence-electron chi connectivity index (χ4n) is 1.87. The lowest BCUT2D eigenvalue weighted by Crippen LogP contribution is -2.28. The van der Waals surface area contributed by atoms with E-state index in [0.717, 1.165) is 21.8 Å². The molecular formula is C15H19N3O2S. The molecule has 0 saturated carbocycles. The molecule has 0 aliphatic heterocycles. The molecule has 5 nitrogen and oxygen atoms in total. The number of carbonyl (C=O) groups is 1. The van der Waals surface area contributed by atoms with Crippen molar-refractivity contribution >= 4 is 17.2 Å². The summed E-state index contributed by atoms with van der Waals surface area (Å²) in [5.41, 5.74) is 8.53. The molecular weight excluding hydrogens is 286 g/mol. The highest BCUT2D eigenvalue weighted by Gasteiger charge is 2.09. The van der Waals surface area contributed by atoms with Crippen molar-refractivity contribution in [2.24, 2.45) is 5.73 Å². The summed E-state index contributed by atoms with van der Waals surface area (Å²) in [6.45, 7) is 1.54. The molecule has 21 heavy (non-hydrogen) atoms. The van der Waals surface area contributed by atoms with Gasteiger partial charge in [0, 0.05) is 31.1 Å². The third-order valence-corrected chi connectivity index (χ3v) is 3.87. The lowest BCUT2D eigenvalue weighted by Gasteiger charge is -2.02. The fourth-order valence-corrected chi connectivity index (χ4v) is 2.69. The van der Waals surface area contributed by atoms with Gasteiger partial charge in [0.15, 0.2) is 0 Å². The Hall–Kier alpha value is -1.76. The fraction of sp³-hybridized carbons (Fsp3) is 0.333. The lowest BCUT2D eigenvalue weighted by molar-refractivity contribution is -0.120. The Balaban J connectivity index is 1.99. The zero-order valence-corrected chi connectivity index (χ0v) is 12.8. The van der Waals surface area contributed by atoms with E-state index in [1.807, 2.05) is 29.6 Å². The van der Waals surface area contributed by atoms with Crippen LogP contribution in [-0.4, -0.2) is 31.2 Å². The molecule has 1 aromatic carbocycles. The number of amides is 1. The maximum absolute atomic E-state index is 11.7. The summed E-state index contributed by atoms with van der Waals surface area (Å²) < 4.78 is 4.89. The topological polar surface area (TPSA) is 77.2 Å². The Labute approximate surface area is 128 Å². The van der Waals surface area contributed by atoms with Crippen LogP contribution in [0.15, 0.2) is 29.6 Å². The molecule has 3 N–H and O–H groups in total. The Morgan fingerprint density at radius 2 is 2.33 bits per heavy atom. The number of thiazole rings is 1. The summed E-state index contributed by atoms with van der Waals surface area (Å²) in [6.07, 6.45) is 0.288. The molecule has 112 valence electrons. The first-order valence-electron chi connectivity index (χ1n) is 6.72. The van der Waals surface area contributed by atoms with Crippen molar-refractivity contribution in [3.05, 3.63) is 40.9 Å². The number of carbonyl (C=O) groups excluding carboxylic acids is 1. The third-order valence-electron chi connectivity index (χ3n) is 2.93. The van der Waals surface area contributed by atoms with Crippen molar-refractivity contribution in [3.63, 3.8) is 0 Å². The smallest absolute Gasteiger partial charge is 0.226 e. The van der Waals surface area contributed by atoms with Crippen molar-refractivity contribution in [1.29, 1.82) is 0 Å². The van der Waals surface area contributed by atoms with Crippen LogP contribution in [0.2, 0.25) is 0 Å². The van der Waals surface area contributed by atoms with Crippen LogP contribution in [0.4, 0.5) is 0 Å². The van der Waals surface area contributed by atoms with E-state index in [-0.39, 0.29) is 12.3 Å². The zero-order chi connectivity index (χ0) is 15.1. The van der Waals surface area contributed by atoms with Gasteiger partial charge in [0.1, 0.15) is 5.01 Å². The second kappa shape index (κ2) is 7.87. The number of aromatic nitrogens is 1. The SMILES string of the molecule is COCCNC(=O)Cc1csc(-c2cccc(CN)c2)n1. The van der Waals surface area contributed by atoms with Crippen molar-refractivity contribution in [2.75, 3.05) is 20.3 Å². The molecule has 2 aromatic rings. The van der Waals surface area contributed by atoms with Crippen molar-refractivity contribution < 1.29 is 9.53 Å². The summed E-state index contributed by atoms with van der Waals surface area (Å²) in [7, 11) is 1.61. The van der Waals surface area contributed by atoms with Gasteiger partial charge in [-0.2, -0.15) is 0 Å². The zero-order valence-electron chi connectivity index (χ0n) is 12.0. The second-order valence-corrected chi connectivity index (χ2v) is 5.43. The van der Waals surface area contributed by atoms with Gasteiger partial charge < -0.3 is 15.8 Å². The van der Waals surface area contributed by atoms with Gasteiger partial charge >= 0.3 is 0 Å². The monoisotopic (exact) mass is 305 g/mol. The molecule has 0 radical (unpaired) electrons. The van der Waals surface area contributed by atoms with Gasteiger partial charge in [-0.25, -0.2) is 4.98 Å². The Kier molecular flexibility index (Phi) is 5.86. The first kappa shape index (κ1) is 15.6. The average Bonchev–Trinajstić information content (AvgIpc) is 2.96. The first-order valence-corrected chi connectivity index (χ1v) is 7.60. The Morgan fingerprint density at radius 1 is 1.48 bits per heavy atom. The predicted octanol–water partition coefficient (Wildman–Crippen LogP) is 1.57. The molecule has 2 rings (SSSR count). The van der Waals surface area contributed by atoms with Crippen LogP contribution < -0.4 is 11.1 Å². The molecule has 0 bridgehead atoms. The maximum Gasteiger partial charge on any atom is 0.226 e. The highest BCUT2D eigenvalue weighted by atomic mass is 32.1. The summed E-state index contributed by atoms with van der Waals surface area (Å²) in [4.78, 5) is 16.2. The number of nitrogens with zero attached hydrogens (tertiary/aromatic N) is 1. The molecule has 0 aliphatic rings. The van der Waals surface area contributed by atoms with Gasteiger partial charge in [-0.15, -0.1) is 11.3 Å². The van der Waals surface area contributed by atoms with Gasteiger partial charge in [0.05, 0.1) is 18.7 Å². The van der Waals surface area contributed by atoms with E-state index in [1.165, 1.54) is 11.3 Å². The van der Waals surface area contributed by atoms with E-state index >= 15 is 0 Å². The van der Waals surface area contributed by atoms with Crippen LogP contribution in [0, 0.1) is 0 Å². The number of rotatable bonds is 7. The van der Waals surface area contributed by atoms with E-state index in [1.54, 1.807) is 7.11 Å². The molecule has 0 aliphatic carbocycles. The summed E-state index contributed by atoms with van der Waals surface area (Å²) in [5, 5.41) is 5.61. The number of nitrogens with one attached hydrogen (secondary N) is 1. The van der Waals surface area contributed by atoms with Crippen molar-refractivity contribution in [1.82, 2.24) is 10.3 Å². The normalized spacial score (nSPS) is 10.6. The van der Waals surface area contributed by atoms with Crippen molar-refractivity contribution in [2.45, 2.75) is 13.0 Å². The van der Waals surface area contributed by atoms with Crippen LogP contribution in [0.1, 0.15) is 11.3 Å². The number of ether oxygens (including phenoxy) is 1. The molecule has 1 aromatic heterocycles. The van der Waals surface area contributed by atoms with Crippen LogP contribution in [0.5, 0.6) is 0 Å². The van der Waals surface area contributed by atoms with Crippen LogP contribution >= 0.6 is 11.3 Å². The lowest BCUT2D eigenvalue weighted by atomic mass is 10.1. The largest absolute Gasteiger partial charge is 0.383 e. The molecule has 1 heterocycles. The second-order valence-electron chi connectivity index (χ2n) is 4.57. The molecule has 6 heteroatoms. The maximum atomic E-state index is 11.7. The Bertz CT molecular complexity index is 598. The highest BCUT2D eigenvalue weighted by Crippen LogP contribution is 2.24. The van der Waals surface area contributed by atoms with E-state index < -0.39 is 0 Å². The predicted molar refractivity (Wildman–Crippen MR) is 84.0 cm³/mol. The number of methoxy groups -OCH3 is 1. The minimum absolute atomic E-state index is 0.0420. The van der Waals surface area contributed by atoms with Gasteiger partial charge in [-0.05, 0) is 11.6 Å². The molecule has 1 amide bonds. The average molecular weight is 305 g/mol. The van der Waals surface area contributed by atoms with Crippen molar-refractivity contribution in [3.8, 4) is 10.6 Å². The van der Waals surface area contributed by atoms with E-state index in [4.69, 9.17) is 10.5 Å². The minimum atomic E-state index is -0.0420. The van der Waals surface area contributed by atoms with Gasteiger partial charge in [0.25, 0.3) is 0 Å². The molecule has 0 fully saturated rings. The molecule has 0 unspecified atom stereocenters. The summed E-state index contributed by atoms with van der Waals surface area (Å²) in [6, 6.07) is 7.99. The minimum Gasteiger partial charge on any atom is -0.383 e. The van der Waals surface area contributed by atoms with E-state index in [2.05, 4.69) is 10.3 Å². The van der Waals surface area contributed by atoms with Crippen LogP contribution in [0.25, 0.3) is 10.6 Å². The van der Waals surface area contributed by atoms with Gasteiger partial charge in [0.2, 0.25) is 5.91 Å². The standard InChI is InChI=1S/C15H19N3O2S/c1-20-6-5-17-14(19)8-13-10-21-15(18-13)12-4-2-3-11(7-12)9-16/h2-4,7,10H,5-6,8-9,16H2,1H3,(H,17,19). The summed E-state index contributed by atoms with van der Waals surface area (Å²) >= 11 is 1.54. The van der Waals surface area contributed by atoms with Crippen LogP contribution in [0.3, 0.4) is 0 Å². The highest BCUT2D eigenvalue weighted by molar-refractivity contribution is 7.13. The molecule has 0 atom stereocenters. The third kappa shape index (κ3) is 4.63. The van der Waals surface area contributed by atoms with Gasteiger partial charge in [-0.3, -0.25) is 4.79 Å². The number of benzene rings is 1. The van der Waals surface area contributed by atoms with E-state index in [0.29, 0.717) is 19.7 Å². The number of hydrogen-bond donors (Lipinski definition) is 2. The quantitative estimate of drug-likeness (QED) is 0.761. The summed E-state index contributed by atoms with van der Waals surface area (Å²) in [5.74, 6) is -0.0420. The molecule has 0 spiro atoms. The number of hydrogen-bond acceptors (Lipinski definition) is 5. The van der Waals surface area contributed by atoms with Crippen LogP contribution in [-0.2, 0) is 22.5 Å². The van der Waals surface area contributed by atoms with Gasteiger partial charge in [-0.1, -0.05) is 18.2 Å². The molecule has 0 saturated heterocycles. The Morgan fingerprint density at radius 3 is 3.10 bits per heavy atom. The number of nitrogens with two attached hydrogens (primary N) is 1.